The third-order valence-corrected chi connectivity index (χ3v) is 8.15. The van der Waals surface area contributed by atoms with E-state index in [1.807, 2.05) is 31.2 Å². The Morgan fingerprint density at radius 3 is 2.61 bits per heavy atom. The number of hydrogen-bond donors (Lipinski definition) is 0. The maximum absolute atomic E-state index is 12.2. The summed E-state index contributed by atoms with van der Waals surface area (Å²) in [5.74, 6) is -0.651. The van der Waals surface area contributed by atoms with Crippen LogP contribution in [0.5, 0.6) is 5.75 Å². The molecule has 2 aromatic carbocycles. The van der Waals surface area contributed by atoms with Crippen LogP contribution in [0, 0.1) is 19.3 Å². The molecule has 1 aliphatic heterocycles. The van der Waals surface area contributed by atoms with E-state index in [9.17, 15) is 9.90 Å². The molecule has 0 N–H and O–H groups in total. The average molecular weight is 468 g/mol. The van der Waals surface area contributed by atoms with Crippen molar-refractivity contribution in [2.24, 2.45) is 5.41 Å². The summed E-state index contributed by atoms with van der Waals surface area (Å²) in [6, 6.07) is 13.6. The predicted octanol–water partition coefficient (Wildman–Crippen LogP) is 1.66. The van der Waals surface area contributed by atoms with Gasteiger partial charge in [0.15, 0.2) is 0 Å². The van der Waals surface area contributed by atoms with Gasteiger partial charge in [0.1, 0.15) is 11.9 Å². The van der Waals surface area contributed by atoms with Gasteiger partial charge in [0.2, 0.25) is 0 Å². The Kier molecular flexibility index (Phi) is 5.78. The van der Waals surface area contributed by atoms with Crippen molar-refractivity contribution in [1.29, 1.82) is 0 Å². The molecule has 162 valence electrons. The number of carboxylic acids is 1. The molecule has 0 radical (unpaired) electrons. The minimum Gasteiger partial charge on any atom is -0.545 e. The number of aromatic carboxylic acids is 1. The van der Waals surface area contributed by atoms with E-state index in [1.54, 1.807) is 17.4 Å². The Morgan fingerprint density at radius 2 is 1.94 bits per heavy atom. The van der Waals surface area contributed by atoms with Gasteiger partial charge in [0, 0.05) is 15.7 Å². The molecule has 2 aliphatic rings. The van der Waals surface area contributed by atoms with Crippen LogP contribution in [0.25, 0.3) is 31.6 Å². The third kappa shape index (κ3) is 3.69. The van der Waals surface area contributed by atoms with E-state index in [0.717, 1.165) is 52.1 Å². The van der Waals surface area contributed by atoms with E-state index in [0.29, 0.717) is 22.3 Å². The summed E-state index contributed by atoms with van der Waals surface area (Å²) in [5.41, 5.74) is 3.72. The smallest absolute Gasteiger partial charge is 0.545 e. The SMILES string of the molecule is Cc1c(-c2cc(C(=O)[O-])c3c(OC4CC5(COC5)C4)ccc(C)c3n2)sc2ccccc12.[Na+]. The predicted molar refractivity (Wildman–Crippen MR) is 123 cm³/mol. The van der Waals surface area contributed by atoms with Gasteiger partial charge in [0.05, 0.1) is 40.7 Å². The number of thiophene rings is 1. The van der Waals surface area contributed by atoms with E-state index in [-0.39, 0.29) is 46.6 Å². The molecule has 0 amide bonds. The minimum absolute atomic E-state index is 0. The second-order valence-electron chi connectivity index (χ2n) is 9.14. The quantitative estimate of drug-likeness (QED) is 0.427. The van der Waals surface area contributed by atoms with Crippen molar-refractivity contribution in [3.8, 4) is 16.3 Å². The number of carbonyl (C=O) groups is 1. The average Bonchev–Trinajstić information content (AvgIpc) is 3.06. The van der Waals surface area contributed by atoms with Crippen LogP contribution in [0.1, 0.15) is 34.3 Å². The maximum atomic E-state index is 12.2. The second kappa shape index (κ2) is 8.36. The van der Waals surface area contributed by atoms with Crippen LogP contribution in [0.2, 0.25) is 0 Å². The van der Waals surface area contributed by atoms with Gasteiger partial charge in [-0.25, -0.2) is 4.98 Å². The number of fused-ring (bicyclic) bond motifs is 2. The van der Waals surface area contributed by atoms with Gasteiger partial charge in [-0.15, -0.1) is 11.3 Å². The van der Waals surface area contributed by atoms with Crippen LogP contribution in [-0.4, -0.2) is 30.3 Å². The van der Waals surface area contributed by atoms with Crippen LogP contribution in [0.3, 0.4) is 0 Å². The zero-order valence-corrected chi connectivity index (χ0v) is 21.8. The number of carboxylic acid groups (broad SMARTS) is 1. The number of aryl methyl sites for hydroxylation is 2. The molecule has 4 aromatic rings. The van der Waals surface area contributed by atoms with E-state index in [4.69, 9.17) is 14.5 Å². The molecule has 2 fully saturated rings. The fourth-order valence-electron chi connectivity index (χ4n) is 5.03. The van der Waals surface area contributed by atoms with Gasteiger partial charge >= 0.3 is 29.6 Å². The van der Waals surface area contributed by atoms with Crippen molar-refractivity contribution >= 4 is 38.3 Å². The maximum Gasteiger partial charge on any atom is 1.00 e. The molecule has 33 heavy (non-hydrogen) atoms. The van der Waals surface area contributed by atoms with Gasteiger partial charge in [0.25, 0.3) is 0 Å². The van der Waals surface area contributed by atoms with Crippen molar-refractivity contribution in [3.63, 3.8) is 0 Å². The molecule has 1 aliphatic carbocycles. The van der Waals surface area contributed by atoms with Crippen LogP contribution in [-0.2, 0) is 4.74 Å². The number of pyridine rings is 1. The molecule has 0 bridgehead atoms. The molecular formula is C26H22NNaO4S. The summed E-state index contributed by atoms with van der Waals surface area (Å²) in [5, 5.41) is 13.9. The molecule has 3 heterocycles. The summed E-state index contributed by atoms with van der Waals surface area (Å²) in [6.07, 6.45) is 1.95. The van der Waals surface area contributed by atoms with Gasteiger partial charge in [-0.2, -0.15) is 0 Å². The van der Waals surface area contributed by atoms with Crippen molar-refractivity contribution in [2.45, 2.75) is 32.8 Å². The number of nitrogens with zero attached hydrogens (tertiary/aromatic N) is 1. The zero-order chi connectivity index (χ0) is 22.0. The molecule has 7 heteroatoms. The number of aromatic nitrogens is 1. The molecule has 1 saturated carbocycles. The number of carbonyl (C=O) groups excluding carboxylic acids is 1. The Balaban J connectivity index is 0.00000228. The second-order valence-corrected chi connectivity index (χ2v) is 10.2. The summed E-state index contributed by atoms with van der Waals surface area (Å²) in [6.45, 7) is 5.60. The van der Waals surface area contributed by atoms with Gasteiger partial charge in [-0.1, -0.05) is 24.3 Å². The number of hydrogen-bond acceptors (Lipinski definition) is 6. The van der Waals surface area contributed by atoms with Crippen molar-refractivity contribution in [2.75, 3.05) is 13.2 Å². The number of benzene rings is 2. The molecule has 2 aromatic heterocycles. The monoisotopic (exact) mass is 467 g/mol. The van der Waals surface area contributed by atoms with Crippen LogP contribution in [0.4, 0.5) is 0 Å². The Labute approximate surface area is 218 Å². The van der Waals surface area contributed by atoms with Crippen LogP contribution in [0.15, 0.2) is 42.5 Å². The number of ether oxygens (including phenoxy) is 2. The van der Waals surface area contributed by atoms with Crippen LogP contribution >= 0.6 is 11.3 Å². The van der Waals surface area contributed by atoms with Gasteiger partial charge < -0.3 is 19.4 Å². The summed E-state index contributed by atoms with van der Waals surface area (Å²) in [4.78, 5) is 18.1. The molecule has 0 atom stereocenters. The molecule has 1 saturated heterocycles. The van der Waals surface area contributed by atoms with E-state index < -0.39 is 5.97 Å². The first-order chi connectivity index (χ1) is 15.4. The fraction of sp³-hybridized carbons (Fsp3) is 0.308. The standard InChI is InChI=1S/C26H23NO4S.Na/c1-14-7-8-20(31-16-10-26(11-16)12-30-13-26)22-18(25(28)29)9-19(27-23(14)22)24-15(2)17-5-3-4-6-21(17)32-24;/h3-9,16H,10-13H2,1-2H3,(H,28,29);/q;+1/p-1. The Hall–Kier alpha value is -1.96. The van der Waals surface area contributed by atoms with Gasteiger partial charge in [-0.3, -0.25) is 0 Å². The van der Waals surface area contributed by atoms with Gasteiger partial charge in [-0.05, 0) is 61.4 Å². The molecule has 1 spiro atoms. The molecular weight excluding hydrogens is 445 g/mol. The summed E-state index contributed by atoms with van der Waals surface area (Å²) < 4.78 is 12.8. The summed E-state index contributed by atoms with van der Waals surface area (Å²) >= 11 is 1.63. The molecule has 0 unspecified atom stereocenters. The first kappa shape index (κ1) is 22.8. The normalized spacial score (nSPS) is 16.9. The minimum atomic E-state index is -1.22. The van der Waals surface area contributed by atoms with E-state index in [1.165, 1.54) is 0 Å². The van der Waals surface area contributed by atoms with Crippen molar-refractivity contribution in [3.05, 3.63) is 59.2 Å². The number of rotatable bonds is 4. The fourth-order valence-corrected chi connectivity index (χ4v) is 6.20. The van der Waals surface area contributed by atoms with E-state index >= 15 is 0 Å². The molecule has 5 nitrogen and oxygen atoms in total. The van der Waals surface area contributed by atoms with Crippen molar-refractivity contribution < 1.29 is 48.9 Å². The largest absolute Gasteiger partial charge is 1.00 e. The first-order valence-corrected chi connectivity index (χ1v) is 11.6. The Bertz CT molecular complexity index is 1400. The topological polar surface area (TPSA) is 71.5 Å². The Morgan fingerprint density at radius 1 is 1.18 bits per heavy atom. The third-order valence-electron chi connectivity index (χ3n) is 6.85. The van der Waals surface area contributed by atoms with Crippen LogP contribution < -0.4 is 39.4 Å². The first-order valence-electron chi connectivity index (χ1n) is 10.8. The molecule has 6 rings (SSSR count). The zero-order valence-electron chi connectivity index (χ0n) is 18.9. The van der Waals surface area contributed by atoms with E-state index in [2.05, 4.69) is 19.1 Å². The summed E-state index contributed by atoms with van der Waals surface area (Å²) in [7, 11) is 0. The van der Waals surface area contributed by atoms with Crippen molar-refractivity contribution in [1.82, 2.24) is 4.98 Å².